The van der Waals surface area contributed by atoms with Gasteiger partial charge in [-0.1, -0.05) is 24.3 Å². The molecule has 0 saturated carbocycles. The fraction of sp³-hybridized carbons (Fsp3) is 0.294. The lowest BCUT2D eigenvalue weighted by Crippen LogP contribution is -2.13. The molecule has 1 N–H and O–H groups in total. The first-order valence-corrected chi connectivity index (χ1v) is 7.11. The number of esters is 1. The van der Waals surface area contributed by atoms with Gasteiger partial charge in [-0.3, -0.25) is 9.78 Å². The number of aliphatic hydroxyl groups excluding tert-OH is 1. The predicted octanol–water partition coefficient (Wildman–Crippen LogP) is 3.21. The number of hydrogen-bond acceptors (Lipinski definition) is 4. The second kappa shape index (κ2) is 7.00. The molecule has 2 aromatic rings. The van der Waals surface area contributed by atoms with Crippen LogP contribution in [-0.2, 0) is 22.1 Å². The topological polar surface area (TPSA) is 59.4 Å². The van der Waals surface area contributed by atoms with E-state index in [-0.39, 0.29) is 17.8 Å². The summed E-state index contributed by atoms with van der Waals surface area (Å²) in [5.41, 5.74) is -0.0821. The Morgan fingerprint density at radius 1 is 1.29 bits per heavy atom. The minimum absolute atomic E-state index is 0.0956. The fourth-order valence-electron chi connectivity index (χ4n) is 2.35. The Balaban J connectivity index is 2.44. The highest BCUT2D eigenvalue weighted by atomic mass is 19.4. The summed E-state index contributed by atoms with van der Waals surface area (Å²) in [6, 6.07) is 8.17. The van der Waals surface area contributed by atoms with Crippen LogP contribution in [0.4, 0.5) is 13.2 Å². The summed E-state index contributed by atoms with van der Waals surface area (Å²) >= 11 is 0. The van der Waals surface area contributed by atoms with E-state index in [1.807, 2.05) is 0 Å². The number of benzene rings is 1. The molecule has 0 aliphatic rings. The number of rotatable bonds is 4. The number of aromatic nitrogens is 1. The van der Waals surface area contributed by atoms with Crippen LogP contribution in [0.5, 0.6) is 0 Å². The van der Waals surface area contributed by atoms with Crippen LogP contribution < -0.4 is 0 Å². The highest BCUT2D eigenvalue weighted by Crippen LogP contribution is 2.32. The van der Waals surface area contributed by atoms with Crippen molar-refractivity contribution < 1.29 is 27.8 Å². The molecule has 0 aliphatic carbocycles. The van der Waals surface area contributed by atoms with Crippen molar-refractivity contribution in [1.29, 1.82) is 0 Å². The van der Waals surface area contributed by atoms with E-state index in [1.54, 1.807) is 24.3 Å². The molecule has 7 heteroatoms. The molecule has 24 heavy (non-hydrogen) atoms. The summed E-state index contributed by atoms with van der Waals surface area (Å²) < 4.78 is 43.4. The summed E-state index contributed by atoms with van der Waals surface area (Å²) in [5.74, 6) is -0.511. The maximum Gasteiger partial charge on any atom is 0.416 e. The average molecular weight is 339 g/mol. The van der Waals surface area contributed by atoms with Crippen molar-refractivity contribution >= 4 is 5.97 Å². The highest BCUT2D eigenvalue weighted by Gasteiger charge is 2.32. The van der Waals surface area contributed by atoms with Crippen LogP contribution in [0.1, 0.15) is 34.2 Å². The molecule has 0 fully saturated rings. The van der Waals surface area contributed by atoms with Gasteiger partial charge in [-0.05, 0) is 30.2 Å². The van der Waals surface area contributed by atoms with E-state index >= 15 is 0 Å². The number of carbonyl (C=O) groups excluding carboxylic acids is 1. The summed E-state index contributed by atoms with van der Waals surface area (Å²) in [5, 5.41) is 10.5. The Morgan fingerprint density at radius 2 is 1.96 bits per heavy atom. The third-order valence-electron chi connectivity index (χ3n) is 3.49. The van der Waals surface area contributed by atoms with Crippen LogP contribution in [-0.4, -0.2) is 23.2 Å². The Kier molecular flexibility index (Phi) is 5.23. The number of methoxy groups -OCH3 is 1. The number of nitrogens with zero attached hydrogens (tertiary/aromatic N) is 1. The Morgan fingerprint density at radius 3 is 2.58 bits per heavy atom. The molecule has 1 heterocycles. The van der Waals surface area contributed by atoms with E-state index in [2.05, 4.69) is 9.72 Å². The Bertz CT molecular complexity index is 744. The standard InChI is InChI=1S/C17H16F3NO3/c1-10-7-12(17(18,19)20)9-14(21-10)16(23)13-6-4-3-5-11(13)8-15(22)24-2/h3-7,9,16,23H,8H2,1-2H3. The average Bonchev–Trinajstić information content (AvgIpc) is 2.53. The van der Waals surface area contributed by atoms with Gasteiger partial charge in [0.2, 0.25) is 0 Å². The highest BCUT2D eigenvalue weighted by molar-refractivity contribution is 5.73. The minimum Gasteiger partial charge on any atom is -0.469 e. The molecule has 128 valence electrons. The smallest absolute Gasteiger partial charge is 0.416 e. The molecule has 0 radical (unpaired) electrons. The van der Waals surface area contributed by atoms with Crippen molar-refractivity contribution in [2.24, 2.45) is 0 Å². The number of alkyl halides is 3. The molecular formula is C17H16F3NO3. The first-order chi connectivity index (χ1) is 11.2. The van der Waals surface area contributed by atoms with Gasteiger partial charge >= 0.3 is 12.1 Å². The van der Waals surface area contributed by atoms with Gasteiger partial charge in [0.15, 0.2) is 0 Å². The molecular weight excluding hydrogens is 323 g/mol. The van der Waals surface area contributed by atoms with E-state index in [1.165, 1.54) is 14.0 Å². The number of carbonyl (C=O) groups is 1. The predicted molar refractivity (Wildman–Crippen MR) is 80.2 cm³/mol. The fourth-order valence-corrected chi connectivity index (χ4v) is 2.35. The number of pyridine rings is 1. The molecule has 4 nitrogen and oxygen atoms in total. The van der Waals surface area contributed by atoms with Crippen LogP contribution in [0.25, 0.3) is 0 Å². The van der Waals surface area contributed by atoms with E-state index in [4.69, 9.17) is 0 Å². The zero-order valence-electron chi connectivity index (χ0n) is 13.1. The van der Waals surface area contributed by atoms with Gasteiger partial charge in [-0.15, -0.1) is 0 Å². The number of halogens is 3. The van der Waals surface area contributed by atoms with E-state index < -0.39 is 23.8 Å². The summed E-state index contributed by atoms with van der Waals surface area (Å²) in [7, 11) is 1.24. The van der Waals surface area contributed by atoms with Crippen molar-refractivity contribution in [3.8, 4) is 0 Å². The third kappa shape index (κ3) is 4.11. The van der Waals surface area contributed by atoms with Gasteiger partial charge < -0.3 is 9.84 Å². The normalized spacial score (nSPS) is 12.8. The van der Waals surface area contributed by atoms with Gasteiger partial charge in [0.25, 0.3) is 0 Å². The molecule has 0 spiro atoms. The molecule has 0 amide bonds. The third-order valence-corrected chi connectivity index (χ3v) is 3.49. The Hall–Kier alpha value is -2.41. The van der Waals surface area contributed by atoms with Gasteiger partial charge in [-0.2, -0.15) is 13.2 Å². The van der Waals surface area contributed by atoms with Crippen LogP contribution >= 0.6 is 0 Å². The van der Waals surface area contributed by atoms with Crippen molar-refractivity contribution in [3.05, 3.63) is 64.5 Å². The summed E-state index contributed by atoms with van der Waals surface area (Å²) in [6.07, 6.45) is -6.01. The first-order valence-electron chi connectivity index (χ1n) is 7.11. The number of aryl methyl sites for hydroxylation is 1. The molecule has 2 rings (SSSR count). The number of aliphatic hydroxyl groups is 1. The molecule has 1 atom stereocenters. The van der Waals surface area contributed by atoms with Gasteiger partial charge in [-0.25, -0.2) is 0 Å². The molecule has 1 aromatic carbocycles. The lowest BCUT2D eigenvalue weighted by atomic mass is 9.97. The monoisotopic (exact) mass is 339 g/mol. The SMILES string of the molecule is COC(=O)Cc1ccccc1C(O)c1cc(C(F)(F)F)cc(C)n1. The molecule has 0 saturated heterocycles. The maximum atomic E-state index is 12.9. The lowest BCUT2D eigenvalue weighted by molar-refractivity contribution is -0.140. The Labute approximate surface area is 136 Å². The summed E-state index contributed by atoms with van der Waals surface area (Å²) in [4.78, 5) is 15.5. The quantitative estimate of drug-likeness (QED) is 0.869. The van der Waals surface area contributed by atoms with Crippen molar-refractivity contribution in [2.75, 3.05) is 7.11 Å². The van der Waals surface area contributed by atoms with Gasteiger partial charge in [0.05, 0.1) is 24.8 Å². The number of hydrogen-bond donors (Lipinski definition) is 1. The van der Waals surface area contributed by atoms with Crippen LogP contribution in [0.2, 0.25) is 0 Å². The maximum absolute atomic E-state index is 12.9. The molecule has 0 aliphatic heterocycles. The zero-order chi connectivity index (χ0) is 17.9. The van der Waals surface area contributed by atoms with Gasteiger partial charge in [0.1, 0.15) is 6.10 Å². The first kappa shape index (κ1) is 17.9. The van der Waals surface area contributed by atoms with Gasteiger partial charge in [0, 0.05) is 5.69 Å². The van der Waals surface area contributed by atoms with Crippen molar-refractivity contribution in [1.82, 2.24) is 4.98 Å². The zero-order valence-corrected chi connectivity index (χ0v) is 13.1. The van der Waals surface area contributed by atoms with Crippen molar-refractivity contribution in [2.45, 2.75) is 25.6 Å². The van der Waals surface area contributed by atoms with Crippen LogP contribution in [0.15, 0.2) is 36.4 Å². The minimum atomic E-state index is -4.53. The lowest BCUT2D eigenvalue weighted by Gasteiger charge is -2.17. The largest absolute Gasteiger partial charge is 0.469 e. The molecule has 1 aromatic heterocycles. The van der Waals surface area contributed by atoms with E-state index in [0.29, 0.717) is 11.1 Å². The van der Waals surface area contributed by atoms with Crippen LogP contribution in [0, 0.1) is 6.92 Å². The van der Waals surface area contributed by atoms with E-state index in [9.17, 15) is 23.1 Å². The van der Waals surface area contributed by atoms with Crippen LogP contribution in [0.3, 0.4) is 0 Å². The second-order valence-electron chi connectivity index (χ2n) is 5.27. The summed E-state index contributed by atoms with van der Waals surface area (Å²) in [6.45, 7) is 1.42. The van der Waals surface area contributed by atoms with Crippen molar-refractivity contribution in [3.63, 3.8) is 0 Å². The second-order valence-corrected chi connectivity index (χ2v) is 5.27. The molecule has 1 unspecified atom stereocenters. The van der Waals surface area contributed by atoms with E-state index in [0.717, 1.165) is 12.1 Å². The molecule has 0 bridgehead atoms. The number of ether oxygens (including phenoxy) is 1.